The van der Waals surface area contributed by atoms with E-state index >= 15 is 0 Å². The van der Waals surface area contributed by atoms with Crippen LogP contribution in [0.15, 0.2) is 24.5 Å². The van der Waals surface area contributed by atoms with E-state index in [1.54, 1.807) is 13.4 Å². The standard InChI is InChI=1S/C21H26N4O/c1-20(2)8-13-9-21(3,10-20)11-25(13)19-18-17(22-12-23-19)15-7-14(26-4)5-6-16(15)24-18/h5-7,12-13,24H,8-11H2,1-4H3. The zero-order chi connectivity index (χ0) is 18.1. The third-order valence-electron chi connectivity index (χ3n) is 6.26. The molecular weight excluding hydrogens is 324 g/mol. The minimum atomic E-state index is 0.374. The van der Waals surface area contributed by atoms with E-state index in [2.05, 4.69) is 47.8 Å². The number of aromatic amines is 1. The van der Waals surface area contributed by atoms with Crippen LogP contribution in [0.1, 0.15) is 40.0 Å². The number of nitrogens with zero attached hydrogens (tertiary/aromatic N) is 3. The first-order valence-electron chi connectivity index (χ1n) is 9.45. The molecule has 136 valence electrons. The van der Waals surface area contributed by atoms with E-state index in [-0.39, 0.29) is 0 Å². The fourth-order valence-electron chi connectivity index (χ4n) is 5.71. The molecule has 2 fully saturated rings. The van der Waals surface area contributed by atoms with Crippen LogP contribution in [0.25, 0.3) is 21.9 Å². The summed E-state index contributed by atoms with van der Waals surface area (Å²) in [5.41, 5.74) is 3.88. The number of benzene rings is 1. The van der Waals surface area contributed by atoms with Gasteiger partial charge in [0.15, 0.2) is 5.82 Å². The van der Waals surface area contributed by atoms with Gasteiger partial charge in [-0.15, -0.1) is 0 Å². The van der Waals surface area contributed by atoms with Crippen LogP contribution in [0.3, 0.4) is 0 Å². The molecule has 5 rings (SSSR count). The molecule has 26 heavy (non-hydrogen) atoms. The van der Waals surface area contributed by atoms with Crippen molar-refractivity contribution in [1.29, 1.82) is 0 Å². The predicted octanol–water partition coefficient (Wildman–Crippen LogP) is 4.52. The van der Waals surface area contributed by atoms with Crippen molar-refractivity contribution in [3.8, 4) is 5.75 Å². The second-order valence-electron chi connectivity index (χ2n) is 9.30. The van der Waals surface area contributed by atoms with Gasteiger partial charge in [0, 0.05) is 23.5 Å². The summed E-state index contributed by atoms with van der Waals surface area (Å²) in [7, 11) is 1.70. The van der Waals surface area contributed by atoms with E-state index in [9.17, 15) is 0 Å². The summed E-state index contributed by atoms with van der Waals surface area (Å²) in [6.45, 7) is 8.33. The first-order chi connectivity index (χ1) is 12.4. The Hall–Kier alpha value is -2.30. The highest BCUT2D eigenvalue weighted by Crippen LogP contribution is 2.53. The van der Waals surface area contributed by atoms with E-state index in [0.717, 1.165) is 40.0 Å². The highest BCUT2D eigenvalue weighted by molar-refractivity contribution is 6.08. The molecule has 3 heterocycles. The molecule has 1 aliphatic carbocycles. The fourth-order valence-corrected chi connectivity index (χ4v) is 5.71. The molecule has 1 N–H and O–H groups in total. The fraction of sp³-hybridized carbons (Fsp3) is 0.524. The molecule has 2 unspecified atom stereocenters. The van der Waals surface area contributed by atoms with Crippen molar-refractivity contribution in [1.82, 2.24) is 15.0 Å². The average molecular weight is 350 g/mol. The Morgan fingerprint density at radius 3 is 2.85 bits per heavy atom. The lowest BCUT2D eigenvalue weighted by molar-refractivity contribution is 0.136. The van der Waals surface area contributed by atoms with Crippen molar-refractivity contribution in [3.05, 3.63) is 24.5 Å². The Morgan fingerprint density at radius 1 is 1.19 bits per heavy atom. The van der Waals surface area contributed by atoms with Gasteiger partial charge in [-0.3, -0.25) is 0 Å². The molecular formula is C21H26N4O. The highest BCUT2D eigenvalue weighted by Gasteiger charge is 2.50. The zero-order valence-corrected chi connectivity index (χ0v) is 16.0. The quantitative estimate of drug-likeness (QED) is 0.738. The van der Waals surface area contributed by atoms with Crippen molar-refractivity contribution in [2.75, 3.05) is 18.6 Å². The number of hydrogen-bond donors (Lipinski definition) is 1. The minimum absolute atomic E-state index is 0.374. The number of nitrogens with one attached hydrogen (secondary N) is 1. The molecule has 0 amide bonds. The molecule has 2 aromatic heterocycles. The van der Waals surface area contributed by atoms with Crippen LogP contribution in [-0.4, -0.2) is 34.6 Å². The van der Waals surface area contributed by atoms with Gasteiger partial charge in [0.05, 0.1) is 7.11 Å². The van der Waals surface area contributed by atoms with Crippen LogP contribution >= 0.6 is 0 Å². The predicted molar refractivity (Wildman–Crippen MR) is 105 cm³/mol. The van der Waals surface area contributed by atoms with Crippen molar-refractivity contribution < 1.29 is 4.74 Å². The summed E-state index contributed by atoms with van der Waals surface area (Å²) in [5, 5.41) is 1.09. The van der Waals surface area contributed by atoms with Gasteiger partial charge in [-0.1, -0.05) is 20.8 Å². The number of anilines is 1. The van der Waals surface area contributed by atoms with Gasteiger partial charge in [0.1, 0.15) is 23.1 Å². The normalized spacial score (nSPS) is 27.4. The lowest BCUT2D eigenvalue weighted by Crippen LogP contribution is -2.35. The minimum Gasteiger partial charge on any atom is -0.497 e. The lowest BCUT2D eigenvalue weighted by Gasteiger charge is -2.39. The molecule has 0 radical (unpaired) electrons. The summed E-state index contributed by atoms with van der Waals surface area (Å²) < 4.78 is 5.40. The number of H-pyrrole nitrogens is 1. The van der Waals surface area contributed by atoms with Gasteiger partial charge in [0.25, 0.3) is 0 Å². The molecule has 3 aromatic rings. The Labute approximate surface area is 153 Å². The maximum Gasteiger partial charge on any atom is 0.156 e. The molecule has 2 aliphatic rings. The first-order valence-corrected chi connectivity index (χ1v) is 9.45. The summed E-state index contributed by atoms with van der Waals surface area (Å²) in [6, 6.07) is 6.66. The zero-order valence-electron chi connectivity index (χ0n) is 16.0. The van der Waals surface area contributed by atoms with E-state index in [0.29, 0.717) is 16.9 Å². The number of ether oxygens (including phenoxy) is 1. The molecule has 1 saturated carbocycles. The summed E-state index contributed by atoms with van der Waals surface area (Å²) in [4.78, 5) is 15.4. The monoisotopic (exact) mass is 350 g/mol. The smallest absolute Gasteiger partial charge is 0.156 e. The first kappa shape index (κ1) is 15.9. The number of hydrogen-bond acceptors (Lipinski definition) is 4. The number of aromatic nitrogens is 3. The van der Waals surface area contributed by atoms with Gasteiger partial charge in [0.2, 0.25) is 0 Å². The number of rotatable bonds is 2. The highest BCUT2D eigenvalue weighted by atomic mass is 16.5. The van der Waals surface area contributed by atoms with E-state index < -0.39 is 0 Å². The Balaban J connectivity index is 1.66. The summed E-state index contributed by atoms with van der Waals surface area (Å²) >= 11 is 0. The molecule has 0 spiro atoms. The maximum atomic E-state index is 5.40. The van der Waals surface area contributed by atoms with Crippen LogP contribution in [0.4, 0.5) is 5.82 Å². The second kappa shape index (κ2) is 5.12. The van der Waals surface area contributed by atoms with Crippen molar-refractivity contribution >= 4 is 27.8 Å². The number of methoxy groups -OCH3 is 1. The second-order valence-corrected chi connectivity index (χ2v) is 9.30. The van der Waals surface area contributed by atoms with E-state index in [1.165, 1.54) is 19.3 Å². The summed E-state index contributed by atoms with van der Waals surface area (Å²) in [5.74, 6) is 1.90. The van der Waals surface area contributed by atoms with Gasteiger partial charge in [-0.2, -0.15) is 0 Å². The maximum absolute atomic E-state index is 5.40. The van der Waals surface area contributed by atoms with Crippen LogP contribution in [-0.2, 0) is 0 Å². The van der Waals surface area contributed by atoms with Crippen LogP contribution in [0, 0.1) is 10.8 Å². The molecule has 5 heteroatoms. The van der Waals surface area contributed by atoms with Crippen molar-refractivity contribution in [3.63, 3.8) is 0 Å². The van der Waals surface area contributed by atoms with Gasteiger partial charge < -0.3 is 14.6 Å². The molecule has 2 atom stereocenters. The van der Waals surface area contributed by atoms with Gasteiger partial charge in [-0.25, -0.2) is 9.97 Å². The topological polar surface area (TPSA) is 54.0 Å². The van der Waals surface area contributed by atoms with Crippen LogP contribution in [0.5, 0.6) is 5.75 Å². The largest absolute Gasteiger partial charge is 0.497 e. The SMILES string of the molecule is COc1ccc2[nH]c3c(N4CC5(C)CC4CC(C)(C)C5)ncnc3c2c1. The Bertz CT molecular complexity index is 1010. The van der Waals surface area contributed by atoms with E-state index in [4.69, 9.17) is 9.72 Å². The Kier molecular flexibility index (Phi) is 3.13. The van der Waals surface area contributed by atoms with Gasteiger partial charge in [-0.05, 0) is 48.3 Å². The van der Waals surface area contributed by atoms with Crippen LogP contribution < -0.4 is 9.64 Å². The molecule has 1 aromatic carbocycles. The number of fused-ring (bicyclic) bond motifs is 5. The molecule has 1 aliphatic heterocycles. The Morgan fingerprint density at radius 2 is 2.04 bits per heavy atom. The van der Waals surface area contributed by atoms with Gasteiger partial charge >= 0.3 is 0 Å². The molecule has 1 saturated heterocycles. The third-order valence-corrected chi connectivity index (χ3v) is 6.26. The molecule has 2 bridgehead atoms. The summed E-state index contributed by atoms with van der Waals surface area (Å²) in [6.07, 6.45) is 5.48. The average Bonchev–Trinajstić information content (AvgIpc) is 3.07. The van der Waals surface area contributed by atoms with E-state index in [1.807, 2.05) is 6.07 Å². The third kappa shape index (κ3) is 2.29. The van der Waals surface area contributed by atoms with Crippen molar-refractivity contribution in [2.45, 2.75) is 46.1 Å². The molecule has 5 nitrogen and oxygen atoms in total. The van der Waals surface area contributed by atoms with Crippen molar-refractivity contribution in [2.24, 2.45) is 10.8 Å². The van der Waals surface area contributed by atoms with Crippen LogP contribution in [0.2, 0.25) is 0 Å². The lowest BCUT2D eigenvalue weighted by atomic mass is 9.65.